The van der Waals surface area contributed by atoms with Gasteiger partial charge in [-0.15, -0.1) is 0 Å². The normalized spacial score (nSPS) is 16.8. The fourth-order valence-corrected chi connectivity index (χ4v) is 4.29. The van der Waals surface area contributed by atoms with Gasteiger partial charge in [-0.25, -0.2) is 0 Å². The molecule has 1 heterocycles. The summed E-state index contributed by atoms with van der Waals surface area (Å²) in [7, 11) is 5.31. The van der Waals surface area contributed by atoms with E-state index in [0.29, 0.717) is 60.6 Å². The van der Waals surface area contributed by atoms with Crippen molar-refractivity contribution < 1.29 is 28.9 Å². The molecule has 2 aromatic carbocycles. The number of amides is 1. The van der Waals surface area contributed by atoms with E-state index < -0.39 is 17.7 Å². The number of benzene rings is 2. The van der Waals surface area contributed by atoms with Crippen LogP contribution in [0.1, 0.15) is 36.6 Å². The SMILES string of the molecule is C=CCOc1ccc(C2C(=C(O)c3ccc(OCC(C)C)cc3C)C(=O)C(=O)N2CCN(C)C)cc1OC. The highest BCUT2D eigenvalue weighted by Gasteiger charge is 2.46. The van der Waals surface area contributed by atoms with Gasteiger partial charge in [0.2, 0.25) is 0 Å². The quantitative estimate of drug-likeness (QED) is 0.189. The molecule has 1 unspecified atom stereocenters. The van der Waals surface area contributed by atoms with Gasteiger partial charge in [0.1, 0.15) is 18.1 Å². The van der Waals surface area contributed by atoms with Crippen LogP contribution in [0.15, 0.2) is 54.6 Å². The number of aliphatic hydroxyl groups excluding tert-OH is 1. The molecule has 1 N–H and O–H groups in total. The fraction of sp³-hybridized carbons (Fsp3) is 0.400. The number of carbonyl (C=O) groups excluding carboxylic acids is 2. The van der Waals surface area contributed by atoms with E-state index in [4.69, 9.17) is 14.2 Å². The molecule has 0 radical (unpaired) electrons. The monoisotopic (exact) mass is 522 g/mol. The fourth-order valence-electron chi connectivity index (χ4n) is 4.29. The van der Waals surface area contributed by atoms with Gasteiger partial charge in [0, 0.05) is 18.7 Å². The zero-order valence-corrected chi connectivity index (χ0v) is 23.1. The number of aryl methyl sites for hydroxylation is 1. The number of ketones is 1. The van der Waals surface area contributed by atoms with Crippen LogP contribution in [-0.2, 0) is 9.59 Å². The van der Waals surface area contributed by atoms with E-state index in [1.54, 1.807) is 36.4 Å². The molecule has 1 amide bonds. The Morgan fingerprint density at radius 1 is 1.13 bits per heavy atom. The highest BCUT2D eigenvalue weighted by Crippen LogP contribution is 2.42. The van der Waals surface area contributed by atoms with Crippen molar-refractivity contribution in [3.05, 3.63) is 71.3 Å². The Hall–Kier alpha value is -3.78. The molecule has 1 aliphatic rings. The van der Waals surface area contributed by atoms with Gasteiger partial charge in [0.05, 0.1) is 25.3 Å². The second kappa shape index (κ2) is 12.6. The summed E-state index contributed by atoms with van der Waals surface area (Å²) >= 11 is 0. The van der Waals surface area contributed by atoms with Gasteiger partial charge in [0.15, 0.2) is 11.5 Å². The number of hydrogen-bond acceptors (Lipinski definition) is 7. The van der Waals surface area contributed by atoms with Crippen LogP contribution in [0.3, 0.4) is 0 Å². The van der Waals surface area contributed by atoms with E-state index in [9.17, 15) is 14.7 Å². The average molecular weight is 523 g/mol. The molecule has 1 aliphatic heterocycles. The van der Waals surface area contributed by atoms with Crippen LogP contribution in [0, 0.1) is 12.8 Å². The number of ether oxygens (including phenoxy) is 3. The van der Waals surface area contributed by atoms with Crippen molar-refractivity contribution in [1.82, 2.24) is 9.80 Å². The highest BCUT2D eigenvalue weighted by molar-refractivity contribution is 6.46. The minimum atomic E-state index is -0.798. The Labute approximate surface area is 225 Å². The molecule has 8 heteroatoms. The first kappa shape index (κ1) is 28.8. The standard InChI is InChI=1S/C30H38N2O6/c1-8-15-37-24-12-9-21(17-25(24)36-7)27-26(29(34)30(35)32(27)14-13-31(5)6)28(33)23-11-10-22(16-20(23)4)38-18-19(2)3/h8-12,16-17,19,27,33H,1,13-15,18H2,2-7H3. The van der Waals surface area contributed by atoms with Crippen LogP contribution in [-0.4, -0.2) is 74.1 Å². The summed E-state index contributed by atoms with van der Waals surface area (Å²) in [5.41, 5.74) is 1.86. The van der Waals surface area contributed by atoms with Crippen LogP contribution in [0.2, 0.25) is 0 Å². The third kappa shape index (κ3) is 6.37. The zero-order chi connectivity index (χ0) is 28.0. The molecule has 38 heavy (non-hydrogen) atoms. The van der Waals surface area contributed by atoms with Crippen LogP contribution < -0.4 is 14.2 Å². The van der Waals surface area contributed by atoms with Gasteiger partial charge < -0.3 is 29.1 Å². The molecule has 3 rings (SSSR count). The molecule has 1 fully saturated rings. The van der Waals surface area contributed by atoms with E-state index in [-0.39, 0.29) is 11.3 Å². The summed E-state index contributed by atoms with van der Waals surface area (Å²) in [6, 6.07) is 9.75. The van der Waals surface area contributed by atoms with Crippen molar-refractivity contribution >= 4 is 17.4 Å². The third-order valence-electron chi connectivity index (χ3n) is 6.22. The minimum absolute atomic E-state index is 0.0366. The van der Waals surface area contributed by atoms with E-state index in [0.717, 1.165) is 5.56 Å². The van der Waals surface area contributed by atoms with Crippen molar-refractivity contribution in [2.75, 3.05) is 47.5 Å². The molecule has 1 atom stereocenters. The van der Waals surface area contributed by atoms with Crippen molar-refractivity contribution in [2.24, 2.45) is 5.92 Å². The first-order valence-electron chi connectivity index (χ1n) is 12.7. The van der Waals surface area contributed by atoms with Crippen molar-refractivity contribution in [3.63, 3.8) is 0 Å². The van der Waals surface area contributed by atoms with Gasteiger partial charge in [-0.2, -0.15) is 0 Å². The lowest BCUT2D eigenvalue weighted by molar-refractivity contribution is -0.140. The number of rotatable bonds is 12. The lowest BCUT2D eigenvalue weighted by Crippen LogP contribution is -2.35. The summed E-state index contributed by atoms with van der Waals surface area (Å²) < 4.78 is 17.0. The first-order chi connectivity index (χ1) is 18.1. The predicted octanol–water partition coefficient (Wildman–Crippen LogP) is 4.59. The minimum Gasteiger partial charge on any atom is -0.507 e. The van der Waals surface area contributed by atoms with Crippen LogP contribution in [0.4, 0.5) is 0 Å². The molecule has 8 nitrogen and oxygen atoms in total. The Kier molecular flexibility index (Phi) is 9.58. The van der Waals surface area contributed by atoms with Gasteiger partial charge in [-0.1, -0.05) is 32.6 Å². The molecule has 204 valence electrons. The summed E-state index contributed by atoms with van der Waals surface area (Å²) in [5, 5.41) is 11.5. The topological polar surface area (TPSA) is 88.5 Å². The molecule has 2 aromatic rings. The number of carbonyl (C=O) groups is 2. The van der Waals surface area contributed by atoms with Crippen molar-refractivity contribution in [1.29, 1.82) is 0 Å². The maximum Gasteiger partial charge on any atom is 0.295 e. The summed E-state index contributed by atoms with van der Waals surface area (Å²) in [5.74, 6) is 0.400. The van der Waals surface area contributed by atoms with Crippen LogP contribution in [0.25, 0.3) is 5.76 Å². The average Bonchev–Trinajstić information content (AvgIpc) is 3.14. The zero-order valence-electron chi connectivity index (χ0n) is 23.1. The number of Topliss-reactive ketones (excluding diaryl/α,β-unsaturated/α-hetero) is 1. The van der Waals surface area contributed by atoms with E-state index in [1.165, 1.54) is 12.0 Å². The number of methoxy groups -OCH3 is 1. The molecule has 0 aromatic heterocycles. The lowest BCUT2D eigenvalue weighted by atomic mass is 9.93. The maximum atomic E-state index is 13.4. The van der Waals surface area contributed by atoms with Crippen molar-refractivity contribution in [2.45, 2.75) is 26.8 Å². The summed E-state index contributed by atoms with van der Waals surface area (Å²) in [6.45, 7) is 11.3. The molecule has 0 spiro atoms. The Balaban J connectivity index is 2.12. The largest absolute Gasteiger partial charge is 0.507 e. The Morgan fingerprint density at radius 2 is 1.87 bits per heavy atom. The molecule has 1 saturated heterocycles. The molecule has 0 saturated carbocycles. The first-order valence-corrected chi connectivity index (χ1v) is 12.7. The van der Waals surface area contributed by atoms with Gasteiger partial charge >= 0.3 is 0 Å². The Morgan fingerprint density at radius 3 is 2.47 bits per heavy atom. The predicted molar refractivity (Wildman–Crippen MR) is 148 cm³/mol. The number of aliphatic hydroxyl groups is 1. The Bertz CT molecular complexity index is 1220. The highest BCUT2D eigenvalue weighted by atomic mass is 16.5. The second-order valence-electron chi connectivity index (χ2n) is 9.99. The molecule has 0 bridgehead atoms. The second-order valence-corrected chi connectivity index (χ2v) is 9.99. The van der Waals surface area contributed by atoms with Crippen molar-refractivity contribution in [3.8, 4) is 17.2 Å². The summed E-state index contributed by atoms with van der Waals surface area (Å²) in [4.78, 5) is 30.0. The molecule has 0 aliphatic carbocycles. The lowest BCUT2D eigenvalue weighted by Gasteiger charge is -2.27. The van der Waals surface area contributed by atoms with Gasteiger partial charge in [-0.05, 0) is 68.4 Å². The van der Waals surface area contributed by atoms with E-state index >= 15 is 0 Å². The van der Waals surface area contributed by atoms with E-state index in [2.05, 4.69) is 20.4 Å². The maximum absolute atomic E-state index is 13.4. The van der Waals surface area contributed by atoms with Crippen LogP contribution in [0.5, 0.6) is 17.2 Å². The number of likely N-dealkylation sites (tertiary alicyclic amines) is 1. The van der Waals surface area contributed by atoms with Crippen LogP contribution >= 0.6 is 0 Å². The van der Waals surface area contributed by atoms with Gasteiger partial charge in [-0.3, -0.25) is 9.59 Å². The molecular formula is C30H38N2O6. The summed E-state index contributed by atoms with van der Waals surface area (Å²) in [6.07, 6.45) is 1.63. The number of likely N-dealkylation sites (N-methyl/N-ethyl adjacent to an activating group) is 1. The number of hydrogen-bond donors (Lipinski definition) is 1. The van der Waals surface area contributed by atoms with Gasteiger partial charge in [0.25, 0.3) is 11.7 Å². The molecular weight excluding hydrogens is 484 g/mol. The smallest absolute Gasteiger partial charge is 0.295 e. The van der Waals surface area contributed by atoms with E-state index in [1.807, 2.05) is 32.0 Å². The number of nitrogens with zero attached hydrogens (tertiary/aromatic N) is 2. The third-order valence-corrected chi connectivity index (χ3v) is 6.22.